The third kappa shape index (κ3) is 5.49. The summed E-state index contributed by atoms with van der Waals surface area (Å²) in [4.78, 5) is 14.3. The number of carboxylic acids is 1. The Bertz CT molecular complexity index is 772. The molecule has 26 heavy (non-hydrogen) atoms. The van der Waals surface area contributed by atoms with Crippen LogP contribution in [0.15, 0.2) is 29.6 Å². The normalized spacial score (nSPS) is 11.7. The zero-order valence-electron chi connectivity index (χ0n) is 15.0. The monoisotopic (exact) mass is 395 g/mol. The van der Waals surface area contributed by atoms with Gasteiger partial charge in [-0.25, -0.2) is 4.79 Å². The summed E-state index contributed by atoms with van der Waals surface area (Å²) in [5, 5.41) is 11.7. The molecule has 0 radical (unpaired) electrons. The summed E-state index contributed by atoms with van der Waals surface area (Å²) in [6.07, 6.45) is 2.44. The average Bonchev–Trinajstić information content (AvgIpc) is 3.11. The Morgan fingerprint density at radius 3 is 2.73 bits per heavy atom. The molecule has 0 saturated carbocycles. The van der Waals surface area contributed by atoms with E-state index in [1.807, 2.05) is 25.5 Å². The lowest BCUT2D eigenvalue weighted by Gasteiger charge is -2.15. The van der Waals surface area contributed by atoms with Crippen molar-refractivity contribution in [3.8, 4) is 11.5 Å². The highest BCUT2D eigenvalue weighted by Crippen LogP contribution is 2.37. The van der Waals surface area contributed by atoms with E-state index in [2.05, 4.69) is 4.90 Å². The van der Waals surface area contributed by atoms with Crippen LogP contribution in [0, 0.1) is 0 Å². The molecule has 5 nitrogen and oxygen atoms in total. The van der Waals surface area contributed by atoms with Gasteiger partial charge in [-0.15, -0.1) is 11.3 Å². The summed E-state index contributed by atoms with van der Waals surface area (Å²) in [6, 6.07) is 6.99. The number of hydrogen-bond donors (Lipinski definition) is 1. The highest BCUT2D eigenvalue weighted by atomic mass is 35.5. The quantitative estimate of drug-likeness (QED) is 0.504. The smallest absolute Gasteiger partial charge is 0.337 e. The van der Waals surface area contributed by atoms with Gasteiger partial charge in [0.2, 0.25) is 0 Å². The number of aliphatic carboxylic acids is 1. The van der Waals surface area contributed by atoms with Crippen molar-refractivity contribution in [3.63, 3.8) is 0 Å². The molecule has 0 aliphatic heterocycles. The topological polar surface area (TPSA) is 59.0 Å². The van der Waals surface area contributed by atoms with Crippen molar-refractivity contribution in [2.45, 2.75) is 6.42 Å². The molecule has 1 aromatic carbocycles. The first-order chi connectivity index (χ1) is 12.4. The Balaban J connectivity index is 2.27. The van der Waals surface area contributed by atoms with Crippen molar-refractivity contribution in [2.24, 2.45) is 0 Å². The molecule has 1 N–H and O–H groups in total. The van der Waals surface area contributed by atoms with E-state index in [-0.39, 0.29) is 5.57 Å². The Kier molecular flexibility index (Phi) is 7.50. The first-order valence-corrected chi connectivity index (χ1v) is 9.32. The predicted octanol–water partition coefficient (Wildman–Crippen LogP) is 4.37. The SMILES string of the molecule is COc1cc(/C=C(\C(=O)O)c2cccs2)cc(Cl)c1OCCCN(C)C. The lowest BCUT2D eigenvalue weighted by Crippen LogP contribution is -2.15. The van der Waals surface area contributed by atoms with E-state index in [9.17, 15) is 9.90 Å². The highest BCUT2D eigenvalue weighted by molar-refractivity contribution is 7.11. The Labute approximate surface area is 162 Å². The molecule has 0 unspecified atom stereocenters. The van der Waals surface area contributed by atoms with Gasteiger partial charge in [-0.05, 0) is 55.7 Å². The molecule has 140 valence electrons. The molecule has 1 heterocycles. The minimum atomic E-state index is -0.994. The standard InChI is InChI=1S/C19H22ClNO4S/c1-21(2)7-5-8-25-18-15(20)11-13(12-16(18)24-3)10-14(19(22)23)17-6-4-9-26-17/h4,6,9-12H,5,7-8H2,1-3H3,(H,22,23)/b14-10-. The summed E-state index contributed by atoms with van der Waals surface area (Å²) in [6.45, 7) is 1.42. The minimum absolute atomic E-state index is 0.206. The Morgan fingerprint density at radius 2 is 2.15 bits per heavy atom. The van der Waals surface area contributed by atoms with Crippen molar-refractivity contribution >= 4 is 40.6 Å². The number of benzene rings is 1. The molecule has 1 aromatic heterocycles. The van der Waals surface area contributed by atoms with Gasteiger partial charge in [0.1, 0.15) is 0 Å². The Morgan fingerprint density at radius 1 is 1.38 bits per heavy atom. The largest absolute Gasteiger partial charge is 0.493 e. The maximum absolute atomic E-state index is 11.6. The third-order valence-corrected chi connectivity index (χ3v) is 4.76. The first-order valence-electron chi connectivity index (χ1n) is 8.06. The summed E-state index contributed by atoms with van der Waals surface area (Å²) in [5.74, 6) is -0.0471. The maximum Gasteiger partial charge on any atom is 0.337 e. The zero-order chi connectivity index (χ0) is 19.1. The second-order valence-corrected chi connectivity index (χ2v) is 7.23. The fourth-order valence-electron chi connectivity index (χ4n) is 2.35. The molecule has 0 aliphatic carbocycles. The maximum atomic E-state index is 11.6. The van der Waals surface area contributed by atoms with Crippen LogP contribution in [-0.2, 0) is 4.79 Å². The third-order valence-electron chi connectivity index (χ3n) is 3.58. The fraction of sp³-hybridized carbons (Fsp3) is 0.316. The van der Waals surface area contributed by atoms with E-state index >= 15 is 0 Å². The first kappa shape index (κ1) is 20.3. The molecule has 2 rings (SSSR count). The van der Waals surface area contributed by atoms with E-state index in [0.29, 0.717) is 33.6 Å². The van der Waals surface area contributed by atoms with Crippen LogP contribution in [0.5, 0.6) is 11.5 Å². The average molecular weight is 396 g/mol. The molecule has 0 aliphatic rings. The van der Waals surface area contributed by atoms with Gasteiger partial charge < -0.3 is 19.5 Å². The molecule has 2 aromatic rings. The number of carboxylic acid groups (broad SMARTS) is 1. The van der Waals surface area contributed by atoms with Crippen LogP contribution in [-0.4, -0.2) is 50.3 Å². The van der Waals surface area contributed by atoms with Gasteiger partial charge in [-0.1, -0.05) is 17.7 Å². The van der Waals surface area contributed by atoms with Gasteiger partial charge in [-0.2, -0.15) is 0 Å². The molecule has 0 amide bonds. The summed E-state index contributed by atoms with van der Waals surface area (Å²) in [7, 11) is 5.54. The van der Waals surface area contributed by atoms with Crippen molar-refractivity contribution in [1.82, 2.24) is 4.90 Å². The van der Waals surface area contributed by atoms with Crippen LogP contribution < -0.4 is 9.47 Å². The van der Waals surface area contributed by atoms with E-state index in [1.165, 1.54) is 18.4 Å². The lowest BCUT2D eigenvalue weighted by atomic mass is 10.1. The minimum Gasteiger partial charge on any atom is -0.493 e. The number of nitrogens with zero attached hydrogens (tertiary/aromatic N) is 1. The number of thiophene rings is 1. The lowest BCUT2D eigenvalue weighted by molar-refractivity contribution is -0.130. The zero-order valence-corrected chi connectivity index (χ0v) is 16.6. The number of carbonyl (C=O) groups is 1. The van der Waals surface area contributed by atoms with Crippen molar-refractivity contribution in [3.05, 3.63) is 45.1 Å². The Hall–Kier alpha value is -2.02. The van der Waals surface area contributed by atoms with Crippen LogP contribution in [0.2, 0.25) is 5.02 Å². The van der Waals surface area contributed by atoms with E-state index < -0.39 is 5.97 Å². The molecule has 7 heteroatoms. The van der Waals surface area contributed by atoms with Gasteiger partial charge in [0.25, 0.3) is 0 Å². The van der Waals surface area contributed by atoms with E-state index in [4.69, 9.17) is 21.1 Å². The molecule has 0 spiro atoms. The van der Waals surface area contributed by atoms with E-state index in [1.54, 1.807) is 24.3 Å². The molecule has 0 saturated heterocycles. The second-order valence-electron chi connectivity index (χ2n) is 5.88. The summed E-state index contributed by atoms with van der Waals surface area (Å²) in [5.41, 5.74) is 0.844. The number of ether oxygens (including phenoxy) is 2. The van der Waals surface area contributed by atoms with Gasteiger partial charge in [0, 0.05) is 11.4 Å². The molecule has 0 atom stereocenters. The van der Waals surface area contributed by atoms with Crippen LogP contribution in [0.25, 0.3) is 11.6 Å². The highest BCUT2D eigenvalue weighted by Gasteiger charge is 2.15. The van der Waals surface area contributed by atoms with Crippen LogP contribution >= 0.6 is 22.9 Å². The summed E-state index contributed by atoms with van der Waals surface area (Å²) >= 11 is 7.72. The van der Waals surface area contributed by atoms with Gasteiger partial charge in [0.05, 0.1) is 24.3 Å². The number of rotatable bonds is 9. The molecular weight excluding hydrogens is 374 g/mol. The van der Waals surface area contributed by atoms with E-state index in [0.717, 1.165) is 13.0 Å². The van der Waals surface area contributed by atoms with Gasteiger partial charge >= 0.3 is 5.97 Å². The number of halogens is 1. The van der Waals surface area contributed by atoms with Gasteiger partial charge in [0.15, 0.2) is 11.5 Å². The summed E-state index contributed by atoms with van der Waals surface area (Å²) < 4.78 is 11.2. The predicted molar refractivity (Wildman–Crippen MR) is 106 cm³/mol. The van der Waals surface area contributed by atoms with Crippen molar-refractivity contribution in [2.75, 3.05) is 34.4 Å². The second kappa shape index (κ2) is 9.62. The molecule has 0 fully saturated rings. The molecule has 0 bridgehead atoms. The number of methoxy groups -OCH3 is 1. The van der Waals surface area contributed by atoms with Crippen LogP contribution in [0.3, 0.4) is 0 Å². The fourth-order valence-corrected chi connectivity index (χ4v) is 3.36. The van der Waals surface area contributed by atoms with Crippen LogP contribution in [0.4, 0.5) is 0 Å². The number of hydrogen-bond acceptors (Lipinski definition) is 5. The van der Waals surface area contributed by atoms with Crippen molar-refractivity contribution in [1.29, 1.82) is 0 Å². The molecular formula is C19H22ClNO4S. The van der Waals surface area contributed by atoms with Gasteiger partial charge in [-0.3, -0.25) is 0 Å². The van der Waals surface area contributed by atoms with Crippen LogP contribution in [0.1, 0.15) is 16.9 Å². The van der Waals surface area contributed by atoms with Crippen molar-refractivity contribution < 1.29 is 19.4 Å².